The van der Waals surface area contributed by atoms with Gasteiger partial charge in [-0.3, -0.25) is 9.59 Å². The highest BCUT2D eigenvalue weighted by Gasteiger charge is 2.24. The van der Waals surface area contributed by atoms with Gasteiger partial charge in [0.2, 0.25) is 10.0 Å². The van der Waals surface area contributed by atoms with Gasteiger partial charge in [0.05, 0.1) is 29.5 Å². The Kier molecular flexibility index (Phi) is 8.87. The fraction of sp³-hybridized carbons (Fsp3) is 0.250. The molecule has 0 aromatic heterocycles. The summed E-state index contributed by atoms with van der Waals surface area (Å²) in [5.41, 5.74) is 0.483. The lowest BCUT2D eigenvalue weighted by molar-refractivity contribution is -0.148. The molecule has 0 saturated heterocycles. The molecule has 0 radical (unpaired) electrons. The molecule has 0 aliphatic rings. The number of nitriles is 1. The van der Waals surface area contributed by atoms with E-state index in [0.717, 1.165) is 0 Å². The molecule has 164 valence electrons. The smallest absolute Gasteiger partial charge is 0.324 e. The summed E-state index contributed by atoms with van der Waals surface area (Å²) in [4.78, 5) is 24.9. The number of para-hydroxylation sites is 1. The summed E-state index contributed by atoms with van der Waals surface area (Å²) < 4.78 is 36.9. The quantitative estimate of drug-likeness (QED) is 0.404. The Labute approximate surface area is 184 Å². The number of methoxy groups -OCH3 is 1. The number of anilines is 1. The topological polar surface area (TPSA) is 135 Å². The molecule has 0 heterocycles. The number of hydrogen-bond donors (Lipinski definition) is 2. The number of hydrogen-bond acceptors (Lipinski definition) is 8. The molecule has 31 heavy (non-hydrogen) atoms. The lowest BCUT2D eigenvalue weighted by Gasteiger charge is -2.14. The molecule has 0 saturated carbocycles. The molecule has 1 unspecified atom stereocenters. The number of sulfonamides is 1. The van der Waals surface area contributed by atoms with Crippen LogP contribution in [0.3, 0.4) is 0 Å². The van der Waals surface area contributed by atoms with Crippen LogP contribution in [0.4, 0.5) is 5.69 Å². The molecule has 2 aromatic carbocycles. The second-order valence-electron chi connectivity index (χ2n) is 6.12. The molecule has 0 spiro atoms. The Morgan fingerprint density at radius 3 is 2.48 bits per heavy atom. The molecule has 2 N–H and O–H groups in total. The number of nitrogens with zero attached hydrogens (tertiary/aromatic N) is 1. The first kappa shape index (κ1) is 24.2. The normalized spacial score (nSPS) is 11.8. The van der Waals surface area contributed by atoms with E-state index in [9.17, 15) is 18.0 Å². The second kappa shape index (κ2) is 11.4. The Bertz CT molecular complexity index is 1070. The number of amides is 1. The lowest BCUT2D eigenvalue weighted by atomic mass is 10.3. The van der Waals surface area contributed by atoms with Crippen molar-refractivity contribution in [2.24, 2.45) is 0 Å². The number of thioether (sulfide) groups is 1. The summed E-state index contributed by atoms with van der Waals surface area (Å²) in [6, 6.07) is 13.3. The molecule has 2 rings (SSSR count). The van der Waals surface area contributed by atoms with Crippen LogP contribution in [0.1, 0.15) is 6.92 Å². The number of carbonyl (C=O) groups is 2. The van der Waals surface area contributed by atoms with Gasteiger partial charge in [-0.15, -0.1) is 11.8 Å². The molecular weight excluding hydrogens is 442 g/mol. The molecule has 1 amide bonds. The summed E-state index contributed by atoms with van der Waals surface area (Å²) in [6.07, 6.45) is 0. The summed E-state index contributed by atoms with van der Waals surface area (Å²) in [7, 11) is -2.51. The number of rotatable bonds is 10. The molecule has 0 bridgehead atoms. The van der Waals surface area contributed by atoms with Crippen molar-refractivity contribution < 1.29 is 27.5 Å². The van der Waals surface area contributed by atoms with Crippen molar-refractivity contribution in [2.75, 3.05) is 24.8 Å². The largest absolute Gasteiger partial charge is 0.497 e. The third kappa shape index (κ3) is 7.29. The molecular formula is C20H21N3O6S2. The Hall–Kier alpha value is -3.07. The lowest BCUT2D eigenvalue weighted by Crippen LogP contribution is -2.40. The van der Waals surface area contributed by atoms with Crippen LogP contribution in [0.15, 0.2) is 58.3 Å². The number of benzene rings is 2. The van der Waals surface area contributed by atoms with Crippen LogP contribution in [0.5, 0.6) is 5.75 Å². The van der Waals surface area contributed by atoms with Crippen molar-refractivity contribution in [1.82, 2.24) is 4.72 Å². The summed E-state index contributed by atoms with van der Waals surface area (Å²) in [6.45, 7) is 0.722. The number of nitrogens with one attached hydrogen (secondary N) is 2. The summed E-state index contributed by atoms with van der Waals surface area (Å²) >= 11 is 1.26. The number of ether oxygens (including phenoxy) is 2. The highest BCUT2D eigenvalue weighted by molar-refractivity contribution is 7.99. The highest BCUT2D eigenvalue weighted by atomic mass is 32.2. The fourth-order valence-corrected chi connectivity index (χ4v) is 4.22. The van der Waals surface area contributed by atoms with Gasteiger partial charge >= 0.3 is 5.97 Å². The van der Waals surface area contributed by atoms with Crippen molar-refractivity contribution in [3.8, 4) is 11.8 Å². The minimum absolute atomic E-state index is 0.0443. The molecule has 2 aromatic rings. The predicted octanol–water partition coefficient (Wildman–Crippen LogP) is 2.16. The molecule has 1 atom stereocenters. The maximum Gasteiger partial charge on any atom is 0.324 e. The van der Waals surface area contributed by atoms with E-state index in [4.69, 9.17) is 14.7 Å². The fourth-order valence-electron chi connectivity index (χ4n) is 2.36. The van der Waals surface area contributed by atoms with Crippen molar-refractivity contribution in [3.63, 3.8) is 0 Å². The summed E-state index contributed by atoms with van der Waals surface area (Å²) in [5, 5.41) is 11.3. The minimum Gasteiger partial charge on any atom is -0.497 e. The number of carbonyl (C=O) groups excluding carboxylic acids is 2. The SMILES string of the molecule is COc1ccc(S(=O)(=O)NC(C)C(=O)OCC(=O)Nc2ccccc2SCC#N)cc1. The maximum absolute atomic E-state index is 12.4. The van der Waals surface area contributed by atoms with E-state index in [-0.39, 0.29) is 10.6 Å². The van der Waals surface area contributed by atoms with Crippen LogP contribution in [0.2, 0.25) is 0 Å². The van der Waals surface area contributed by atoms with Gasteiger partial charge in [-0.25, -0.2) is 8.42 Å². The first-order valence-electron chi connectivity index (χ1n) is 8.98. The average molecular weight is 464 g/mol. The zero-order chi connectivity index (χ0) is 22.9. The van der Waals surface area contributed by atoms with Crippen LogP contribution in [0, 0.1) is 11.3 Å². The van der Waals surface area contributed by atoms with Gasteiger partial charge in [0, 0.05) is 4.90 Å². The summed E-state index contributed by atoms with van der Waals surface area (Å²) in [5.74, 6) is -0.791. The Balaban J connectivity index is 1.90. The molecule has 11 heteroatoms. The van der Waals surface area contributed by atoms with Crippen LogP contribution in [0.25, 0.3) is 0 Å². The zero-order valence-electron chi connectivity index (χ0n) is 16.8. The van der Waals surface area contributed by atoms with Crippen LogP contribution >= 0.6 is 11.8 Å². The number of esters is 1. The average Bonchev–Trinajstić information content (AvgIpc) is 2.76. The Morgan fingerprint density at radius 2 is 1.84 bits per heavy atom. The van der Waals surface area contributed by atoms with E-state index < -0.39 is 34.5 Å². The van der Waals surface area contributed by atoms with Gasteiger partial charge in [0.1, 0.15) is 11.8 Å². The van der Waals surface area contributed by atoms with E-state index in [1.165, 1.54) is 50.1 Å². The highest BCUT2D eigenvalue weighted by Crippen LogP contribution is 2.26. The molecule has 0 aliphatic carbocycles. The third-order valence-corrected chi connectivity index (χ3v) is 6.35. The van der Waals surface area contributed by atoms with Gasteiger partial charge in [-0.2, -0.15) is 9.98 Å². The van der Waals surface area contributed by atoms with Crippen molar-refractivity contribution in [3.05, 3.63) is 48.5 Å². The van der Waals surface area contributed by atoms with Crippen molar-refractivity contribution >= 4 is 39.3 Å². The van der Waals surface area contributed by atoms with Gasteiger partial charge in [0.25, 0.3) is 5.91 Å². The molecule has 9 nitrogen and oxygen atoms in total. The van der Waals surface area contributed by atoms with E-state index in [2.05, 4.69) is 10.0 Å². The predicted molar refractivity (Wildman–Crippen MR) is 115 cm³/mol. The Morgan fingerprint density at radius 1 is 1.16 bits per heavy atom. The minimum atomic E-state index is -3.97. The first-order chi connectivity index (χ1) is 14.8. The van der Waals surface area contributed by atoms with Gasteiger partial charge < -0.3 is 14.8 Å². The van der Waals surface area contributed by atoms with Gasteiger partial charge in [-0.1, -0.05) is 12.1 Å². The van der Waals surface area contributed by atoms with Crippen LogP contribution in [-0.4, -0.2) is 45.8 Å². The van der Waals surface area contributed by atoms with Crippen LogP contribution < -0.4 is 14.8 Å². The van der Waals surface area contributed by atoms with Gasteiger partial charge in [-0.05, 0) is 43.3 Å². The van der Waals surface area contributed by atoms with Crippen molar-refractivity contribution in [1.29, 1.82) is 5.26 Å². The monoisotopic (exact) mass is 463 g/mol. The zero-order valence-corrected chi connectivity index (χ0v) is 18.5. The third-order valence-electron chi connectivity index (χ3n) is 3.85. The van der Waals surface area contributed by atoms with Crippen molar-refractivity contribution in [2.45, 2.75) is 22.8 Å². The van der Waals surface area contributed by atoms with Crippen LogP contribution in [-0.2, 0) is 24.3 Å². The first-order valence-corrected chi connectivity index (χ1v) is 11.5. The molecule has 0 fully saturated rings. The van der Waals surface area contributed by atoms with E-state index in [1.807, 2.05) is 6.07 Å². The maximum atomic E-state index is 12.4. The molecule has 0 aliphatic heterocycles. The second-order valence-corrected chi connectivity index (χ2v) is 8.85. The standard InChI is InChI=1S/C20H21N3O6S2/c1-14(23-31(26,27)16-9-7-15(28-2)8-10-16)20(25)29-13-19(24)22-17-5-3-4-6-18(17)30-12-11-21/h3-10,14,23H,12-13H2,1-2H3,(H,22,24). The van der Waals surface area contributed by atoms with Gasteiger partial charge in [0.15, 0.2) is 6.61 Å². The van der Waals surface area contributed by atoms with E-state index >= 15 is 0 Å². The van der Waals surface area contributed by atoms with E-state index in [0.29, 0.717) is 16.3 Å². The van der Waals surface area contributed by atoms with E-state index in [1.54, 1.807) is 24.3 Å².